The number of nitrogens with zero attached hydrogens (tertiary/aromatic N) is 2. The largest absolute Gasteiger partial charge is 0.367 e. The molecule has 7 heteroatoms. The van der Waals surface area contributed by atoms with E-state index in [0.717, 1.165) is 25.3 Å². The fraction of sp³-hybridized carbons (Fsp3) is 0.538. The minimum absolute atomic E-state index is 0.0708. The molecule has 0 saturated carbocycles. The number of piperidine rings is 1. The highest BCUT2D eigenvalue weighted by Gasteiger charge is 2.36. The normalized spacial score (nSPS) is 25.6. The number of rotatable bonds is 2. The zero-order chi connectivity index (χ0) is 14.3. The van der Waals surface area contributed by atoms with E-state index in [1.807, 2.05) is 0 Å². The van der Waals surface area contributed by atoms with Crippen LogP contribution in [0.5, 0.6) is 0 Å². The molecular weight excluding hydrogens is 301 g/mol. The maximum atomic E-state index is 10.8. The fourth-order valence-corrected chi connectivity index (χ4v) is 3.90. The second-order valence-corrected chi connectivity index (χ2v) is 6.20. The Labute approximate surface area is 127 Å². The van der Waals surface area contributed by atoms with Gasteiger partial charge in [0.2, 0.25) is 0 Å². The fourth-order valence-electron chi connectivity index (χ4n) is 3.19. The Hall–Kier alpha value is -1.04. The third kappa shape index (κ3) is 2.45. The number of nitro groups is 1. The molecule has 2 saturated heterocycles. The molecule has 3 rings (SSSR count). The third-order valence-corrected chi connectivity index (χ3v) is 4.70. The first-order valence-corrected chi connectivity index (χ1v) is 7.43. The monoisotopic (exact) mass is 315 g/mol. The van der Waals surface area contributed by atoms with Crippen LogP contribution in [0.2, 0.25) is 10.0 Å². The molecule has 0 spiro atoms. The van der Waals surface area contributed by atoms with Crippen LogP contribution in [0.4, 0.5) is 11.4 Å². The van der Waals surface area contributed by atoms with Crippen LogP contribution >= 0.6 is 23.2 Å². The summed E-state index contributed by atoms with van der Waals surface area (Å²) < 4.78 is 0. The first-order valence-electron chi connectivity index (χ1n) is 6.68. The lowest BCUT2D eigenvalue weighted by Crippen LogP contribution is -2.40. The maximum absolute atomic E-state index is 10.8. The van der Waals surface area contributed by atoms with E-state index in [4.69, 9.17) is 23.2 Å². The molecule has 5 nitrogen and oxygen atoms in total. The van der Waals surface area contributed by atoms with Crippen molar-refractivity contribution in [1.82, 2.24) is 5.32 Å². The van der Waals surface area contributed by atoms with Gasteiger partial charge in [0.15, 0.2) is 0 Å². The number of benzene rings is 1. The van der Waals surface area contributed by atoms with Gasteiger partial charge < -0.3 is 10.2 Å². The van der Waals surface area contributed by atoms with E-state index in [1.165, 1.54) is 25.0 Å². The van der Waals surface area contributed by atoms with Gasteiger partial charge in [-0.2, -0.15) is 0 Å². The molecule has 1 aromatic carbocycles. The zero-order valence-electron chi connectivity index (χ0n) is 10.8. The number of hydrogen-bond acceptors (Lipinski definition) is 4. The van der Waals surface area contributed by atoms with Crippen molar-refractivity contribution in [2.75, 3.05) is 24.5 Å². The van der Waals surface area contributed by atoms with Gasteiger partial charge in [0, 0.05) is 31.3 Å². The Morgan fingerprint density at radius 1 is 1.30 bits per heavy atom. The van der Waals surface area contributed by atoms with Crippen LogP contribution < -0.4 is 10.2 Å². The third-order valence-electron chi connectivity index (χ3n) is 4.13. The molecule has 0 radical (unpaired) electrons. The average molecular weight is 316 g/mol. The lowest BCUT2D eigenvalue weighted by molar-refractivity contribution is -0.384. The van der Waals surface area contributed by atoms with Crippen LogP contribution in [0.25, 0.3) is 0 Å². The summed E-state index contributed by atoms with van der Waals surface area (Å²) in [5, 5.41) is 15.0. The first-order chi connectivity index (χ1) is 9.56. The van der Waals surface area contributed by atoms with E-state index >= 15 is 0 Å². The Morgan fingerprint density at radius 2 is 2.00 bits per heavy atom. The lowest BCUT2D eigenvalue weighted by Gasteiger charge is -2.24. The molecule has 2 heterocycles. The lowest BCUT2D eigenvalue weighted by atomic mass is 9.94. The van der Waals surface area contributed by atoms with Crippen molar-refractivity contribution < 1.29 is 4.92 Å². The molecule has 1 aromatic rings. The van der Waals surface area contributed by atoms with Crippen molar-refractivity contribution in [3.63, 3.8) is 0 Å². The van der Waals surface area contributed by atoms with Crippen molar-refractivity contribution >= 4 is 34.6 Å². The molecular formula is C13H15Cl2N3O2. The average Bonchev–Trinajstić information content (AvgIpc) is 2.80. The van der Waals surface area contributed by atoms with Gasteiger partial charge in [-0.1, -0.05) is 23.2 Å². The molecule has 2 aliphatic rings. The topological polar surface area (TPSA) is 58.4 Å². The molecule has 20 heavy (non-hydrogen) atoms. The number of fused-ring (bicyclic) bond motifs is 1. The number of halogens is 2. The summed E-state index contributed by atoms with van der Waals surface area (Å²) in [5.41, 5.74) is 0.647. The van der Waals surface area contributed by atoms with Crippen LogP contribution in [0.15, 0.2) is 12.1 Å². The first kappa shape index (κ1) is 13.9. The molecule has 1 N–H and O–H groups in total. The molecule has 2 aliphatic heterocycles. The smallest absolute Gasteiger partial charge is 0.272 e. The number of anilines is 1. The molecule has 0 bridgehead atoms. The Balaban J connectivity index is 1.89. The summed E-state index contributed by atoms with van der Waals surface area (Å²) in [6, 6.07) is 3.21. The van der Waals surface area contributed by atoms with Crippen molar-refractivity contribution in [3.8, 4) is 0 Å². The molecule has 0 aromatic heterocycles. The van der Waals surface area contributed by atoms with E-state index in [9.17, 15) is 10.1 Å². The highest BCUT2D eigenvalue weighted by atomic mass is 35.5. The van der Waals surface area contributed by atoms with Crippen molar-refractivity contribution in [3.05, 3.63) is 32.3 Å². The quantitative estimate of drug-likeness (QED) is 0.673. The molecule has 108 valence electrons. The summed E-state index contributed by atoms with van der Waals surface area (Å²) >= 11 is 12.4. The predicted molar refractivity (Wildman–Crippen MR) is 79.8 cm³/mol. The predicted octanol–water partition coefficient (Wildman–Crippen LogP) is 3.09. The minimum atomic E-state index is -0.479. The zero-order valence-corrected chi connectivity index (χ0v) is 12.3. The number of hydrogen-bond donors (Lipinski definition) is 1. The number of nitro benzene ring substituents is 1. The van der Waals surface area contributed by atoms with Crippen LogP contribution in [0.1, 0.15) is 12.8 Å². The Kier molecular flexibility index (Phi) is 3.75. The SMILES string of the molecule is O=[N+]([O-])c1cc(Cl)c(N2CC3CCCNC3C2)c(Cl)c1. The standard InChI is InChI=1S/C13H15Cl2N3O2/c14-10-4-9(18(19)20)5-11(15)13(10)17-6-8-2-1-3-16-12(8)7-17/h4-5,8,12,16H,1-3,6-7H2. The number of non-ortho nitro benzene ring substituents is 1. The Morgan fingerprint density at radius 3 is 2.60 bits per heavy atom. The van der Waals surface area contributed by atoms with Crippen LogP contribution in [-0.2, 0) is 0 Å². The van der Waals surface area contributed by atoms with Crippen molar-refractivity contribution in [2.24, 2.45) is 5.92 Å². The van der Waals surface area contributed by atoms with E-state index in [-0.39, 0.29) is 5.69 Å². The molecule has 0 aliphatic carbocycles. The second-order valence-electron chi connectivity index (χ2n) is 5.38. The van der Waals surface area contributed by atoms with Gasteiger partial charge in [-0.25, -0.2) is 0 Å². The van der Waals surface area contributed by atoms with Crippen LogP contribution in [-0.4, -0.2) is 30.6 Å². The summed E-state index contributed by atoms with van der Waals surface area (Å²) in [7, 11) is 0. The van der Waals surface area contributed by atoms with E-state index < -0.39 is 4.92 Å². The molecule has 0 amide bonds. The number of nitrogens with one attached hydrogen (secondary N) is 1. The van der Waals surface area contributed by atoms with Gasteiger partial charge >= 0.3 is 0 Å². The molecule has 2 unspecified atom stereocenters. The van der Waals surface area contributed by atoms with Gasteiger partial charge in [0.1, 0.15) is 0 Å². The maximum Gasteiger partial charge on any atom is 0.272 e. The highest BCUT2D eigenvalue weighted by molar-refractivity contribution is 6.39. The second kappa shape index (κ2) is 5.39. The van der Waals surface area contributed by atoms with Gasteiger partial charge in [-0.15, -0.1) is 0 Å². The van der Waals surface area contributed by atoms with E-state index in [2.05, 4.69) is 10.2 Å². The van der Waals surface area contributed by atoms with Crippen LogP contribution in [0, 0.1) is 16.0 Å². The van der Waals surface area contributed by atoms with Crippen molar-refractivity contribution in [1.29, 1.82) is 0 Å². The highest BCUT2D eigenvalue weighted by Crippen LogP contribution is 2.40. The Bertz CT molecular complexity index is 515. The van der Waals surface area contributed by atoms with Gasteiger partial charge in [-0.05, 0) is 25.3 Å². The summed E-state index contributed by atoms with van der Waals surface area (Å²) in [6.45, 7) is 2.80. The summed E-state index contributed by atoms with van der Waals surface area (Å²) in [5.74, 6) is 0.603. The summed E-state index contributed by atoms with van der Waals surface area (Å²) in [4.78, 5) is 12.5. The van der Waals surface area contributed by atoms with Gasteiger partial charge in [-0.3, -0.25) is 10.1 Å². The summed E-state index contributed by atoms with van der Waals surface area (Å²) in [6.07, 6.45) is 2.40. The minimum Gasteiger partial charge on any atom is -0.367 e. The van der Waals surface area contributed by atoms with Gasteiger partial charge in [0.25, 0.3) is 5.69 Å². The van der Waals surface area contributed by atoms with E-state index in [0.29, 0.717) is 22.0 Å². The van der Waals surface area contributed by atoms with Gasteiger partial charge in [0.05, 0.1) is 20.7 Å². The van der Waals surface area contributed by atoms with Crippen molar-refractivity contribution in [2.45, 2.75) is 18.9 Å². The molecule has 2 fully saturated rings. The van der Waals surface area contributed by atoms with Crippen LogP contribution in [0.3, 0.4) is 0 Å². The van der Waals surface area contributed by atoms with E-state index in [1.54, 1.807) is 0 Å². The molecule has 2 atom stereocenters.